The van der Waals surface area contributed by atoms with Crippen molar-refractivity contribution in [2.45, 2.75) is 70.6 Å². The minimum Gasteiger partial charge on any atom is -0.383 e. The van der Waals surface area contributed by atoms with E-state index in [1.165, 1.54) is 0 Å². The molecule has 1 saturated heterocycles. The maximum atomic E-state index is 15.6. The molecule has 3 N–H and O–H groups in total. The number of piperidine rings is 1. The summed E-state index contributed by atoms with van der Waals surface area (Å²) in [5.74, 6) is 0.0818. The summed E-state index contributed by atoms with van der Waals surface area (Å²) in [7, 11) is 0. The SMILES string of the molecule is Cc1cc(Nc2nc(C[C@@H]3CCN(Cc4cccc(Cl)c4F)[C@H](C)C3)c(F)c(C3(O)CCC3)n2)n[nH]1. The largest absolute Gasteiger partial charge is 0.383 e. The summed E-state index contributed by atoms with van der Waals surface area (Å²) in [5.41, 5.74) is 0.572. The van der Waals surface area contributed by atoms with Crippen LogP contribution in [0, 0.1) is 24.5 Å². The van der Waals surface area contributed by atoms with Gasteiger partial charge < -0.3 is 10.4 Å². The molecule has 2 fully saturated rings. The van der Waals surface area contributed by atoms with Gasteiger partial charge in [0, 0.05) is 29.9 Å². The van der Waals surface area contributed by atoms with Crippen LogP contribution >= 0.6 is 11.6 Å². The topological polar surface area (TPSA) is 90.0 Å². The van der Waals surface area contributed by atoms with Crippen molar-refractivity contribution in [3.05, 3.63) is 63.6 Å². The summed E-state index contributed by atoms with van der Waals surface area (Å²) < 4.78 is 30.0. The third kappa shape index (κ3) is 5.10. The Labute approximate surface area is 214 Å². The van der Waals surface area contributed by atoms with E-state index in [4.69, 9.17) is 11.6 Å². The second-order valence-electron chi connectivity index (χ2n) is 10.2. The molecule has 0 unspecified atom stereocenters. The Balaban J connectivity index is 1.33. The Morgan fingerprint density at radius 3 is 2.72 bits per heavy atom. The number of halogens is 3. The zero-order valence-corrected chi connectivity index (χ0v) is 21.2. The summed E-state index contributed by atoms with van der Waals surface area (Å²) in [6.07, 6.45) is 3.90. The van der Waals surface area contributed by atoms with Gasteiger partial charge in [-0.1, -0.05) is 23.7 Å². The highest BCUT2D eigenvalue weighted by Gasteiger charge is 2.41. The number of benzene rings is 1. The minimum atomic E-state index is -1.25. The third-order valence-corrected chi connectivity index (χ3v) is 7.79. The lowest BCUT2D eigenvalue weighted by Crippen LogP contribution is -2.41. The van der Waals surface area contributed by atoms with Crippen molar-refractivity contribution in [2.75, 3.05) is 11.9 Å². The van der Waals surface area contributed by atoms with E-state index in [0.717, 1.165) is 31.5 Å². The van der Waals surface area contributed by atoms with E-state index >= 15 is 4.39 Å². The van der Waals surface area contributed by atoms with Crippen molar-refractivity contribution < 1.29 is 13.9 Å². The number of hydrogen-bond acceptors (Lipinski definition) is 6. The first-order chi connectivity index (χ1) is 17.2. The van der Waals surface area contributed by atoms with E-state index in [2.05, 4.69) is 37.3 Å². The number of aromatic nitrogens is 4. The van der Waals surface area contributed by atoms with Gasteiger partial charge in [-0.2, -0.15) is 5.10 Å². The number of rotatable bonds is 7. The van der Waals surface area contributed by atoms with Crippen molar-refractivity contribution in [3.8, 4) is 0 Å². The fraction of sp³-hybridized carbons (Fsp3) is 0.500. The van der Waals surface area contributed by atoms with Crippen LogP contribution in [-0.4, -0.2) is 42.8 Å². The van der Waals surface area contributed by atoms with Gasteiger partial charge in [-0.05, 0) is 70.9 Å². The summed E-state index contributed by atoms with van der Waals surface area (Å²) in [5, 5.41) is 21.1. The van der Waals surface area contributed by atoms with Crippen LogP contribution < -0.4 is 5.32 Å². The molecular formula is C26H31ClF2N6O. The minimum absolute atomic E-state index is 0.0652. The standard InChI is InChI=1S/C26H31ClF2N6O/c1-15-11-21(34-33-15)31-25-30-20(23(29)24(32-25)26(36)8-4-9-26)13-17-7-10-35(16(2)12-17)14-18-5-3-6-19(27)22(18)28/h3,5-6,11,16-17,36H,4,7-10,12-14H2,1-2H3,(H2,30,31,32,33,34)/t16-,17-/m1/s1. The van der Waals surface area contributed by atoms with Crippen LogP contribution in [0.15, 0.2) is 24.3 Å². The number of aryl methyl sites for hydroxylation is 1. The normalized spacial score (nSPS) is 21.8. The smallest absolute Gasteiger partial charge is 0.229 e. The van der Waals surface area contributed by atoms with Gasteiger partial charge in [-0.3, -0.25) is 10.00 Å². The predicted octanol–water partition coefficient (Wildman–Crippen LogP) is 5.40. The van der Waals surface area contributed by atoms with E-state index in [1.54, 1.807) is 18.2 Å². The van der Waals surface area contributed by atoms with Crippen LogP contribution in [0.5, 0.6) is 0 Å². The molecule has 0 bridgehead atoms. The number of aliphatic hydroxyl groups is 1. The number of aromatic amines is 1. The summed E-state index contributed by atoms with van der Waals surface area (Å²) in [6.45, 7) is 5.24. The van der Waals surface area contributed by atoms with Crippen LogP contribution in [0.2, 0.25) is 5.02 Å². The molecule has 2 aliphatic rings. The molecule has 2 aromatic heterocycles. The van der Waals surface area contributed by atoms with Crippen molar-refractivity contribution >= 4 is 23.4 Å². The molecule has 36 heavy (non-hydrogen) atoms. The summed E-state index contributed by atoms with van der Waals surface area (Å²) in [4.78, 5) is 11.1. The van der Waals surface area contributed by atoms with Crippen LogP contribution in [0.3, 0.4) is 0 Å². The second-order valence-corrected chi connectivity index (χ2v) is 10.6. The maximum Gasteiger partial charge on any atom is 0.229 e. The average Bonchev–Trinajstić information content (AvgIpc) is 3.23. The van der Waals surface area contributed by atoms with Crippen LogP contribution in [-0.2, 0) is 18.6 Å². The van der Waals surface area contributed by atoms with Gasteiger partial charge in [0.05, 0.1) is 10.7 Å². The molecule has 0 amide bonds. The Morgan fingerprint density at radius 2 is 2.06 bits per heavy atom. The number of hydrogen-bond donors (Lipinski definition) is 3. The van der Waals surface area contributed by atoms with Crippen molar-refractivity contribution in [1.82, 2.24) is 25.1 Å². The molecule has 5 rings (SSSR count). The zero-order chi connectivity index (χ0) is 25.4. The molecule has 1 aromatic carbocycles. The molecule has 0 spiro atoms. The van der Waals surface area contributed by atoms with E-state index in [1.807, 2.05) is 13.0 Å². The van der Waals surface area contributed by atoms with E-state index in [0.29, 0.717) is 42.9 Å². The van der Waals surface area contributed by atoms with E-state index in [9.17, 15) is 9.50 Å². The maximum absolute atomic E-state index is 15.6. The van der Waals surface area contributed by atoms with Gasteiger partial charge in [0.1, 0.15) is 17.1 Å². The molecule has 1 saturated carbocycles. The van der Waals surface area contributed by atoms with Crippen molar-refractivity contribution in [3.63, 3.8) is 0 Å². The second kappa shape index (κ2) is 10.0. The lowest BCUT2D eigenvalue weighted by Gasteiger charge is -2.38. The van der Waals surface area contributed by atoms with E-state index in [-0.39, 0.29) is 34.4 Å². The fourth-order valence-electron chi connectivity index (χ4n) is 5.24. The molecule has 1 aliphatic carbocycles. The third-order valence-electron chi connectivity index (χ3n) is 7.50. The Bertz CT molecular complexity index is 1250. The van der Waals surface area contributed by atoms with Crippen LogP contribution in [0.25, 0.3) is 0 Å². The molecule has 3 aromatic rings. The first-order valence-corrected chi connectivity index (χ1v) is 12.8. The summed E-state index contributed by atoms with van der Waals surface area (Å²) >= 11 is 5.95. The quantitative estimate of drug-likeness (QED) is 0.389. The first-order valence-electron chi connectivity index (χ1n) is 12.5. The van der Waals surface area contributed by atoms with Gasteiger partial charge in [-0.15, -0.1) is 0 Å². The lowest BCUT2D eigenvalue weighted by atomic mass is 9.77. The molecule has 0 radical (unpaired) electrons. The molecule has 3 heterocycles. The Kier molecular flexibility index (Phi) is 6.98. The zero-order valence-electron chi connectivity index (χ0n) is 20.5. The van der Waals surface area contributed by atoms with Gasteiger partial charge >= 0.3 is 0 Å². The Hall–Kier alpha value is -2.62. The van der Waals surface area contributed by atoms with Crippen LogP contribution in [0.1, 0.15) is 61.7 Å². The highest BCUT2D eigenvalue weighted by Crippen LogP contribution is 2.42. The van der Waals surface area contributed by atoms with Crippen molar-refractivity contribution in [1.29, 1.82) is 0 Å². The van der Waals surface area contributed by atoms with Crippen LogP contribution in [0.4, 0.5) is 20.5 Å². The summed E-state index contributed by atoms with van der Waals surface area (Å²) in [6, 6.07) is 7.08. The van der Waals surface area contributed by atoms with Crippen molar-refractivity contribution in [2.24, 2.45) is 5.92 Å². The van der Waals surface area contributed by atoms with Gasteiger partial charge in [0.2, 0.25) is 5.95 Å². The lowest BCUT2D eigenvalue weighted by molar-refractivity contribution is -0.0459. The number of nitrogens with one attached hydrogen (secondary N) is 2. The molecule has 10 heteroatoms. The van der Waals surface area contributed by atoms with Gasteiger partial charge in [0.25, 0.3) is 0 Å². The predicted molar refractivity (Wildman–Crippen MR) is 134 cm³/mol. The molecule has 1 aliphatic heterocycles. The van der Waals surface area contributed by atoms with Gasteiger partial charge in [0.15, 0.2) is 11.6 Å². The monoisotopic (exact) mass is 516 g/mol. The number of anilines is 2. The number of nitrogens with zero attached hydrogens (tertiary/aromatic N) is 4. The number of H-pyrrole nitrogens is 1. The average molecular weight is 517 g/mol. The molecule has 192 valence electrons. The molecule has 7 nitrogen and oxygen atoms in total. The Morgan fingerprint density at radius 1 is 1.25 bits per heavy atom. The molecular weight excluding hydrogens is 486 g/mol. The highest BCUT2D eigenvalue weighted by molar-refractivity contribution is 6.30. The highest BCUT2D eigenvalue weighted by atomic mass is 35.5. The molecule has 2 atom stereocenters. The van der Waals surface area contributed by atoms with E-state index < -0.39 is 11.4 Å². The van der Waals surface area contributed by atoms with Gasteiger partial charge in [-0.25, -0.2) is 18.7 Å². The fourth-order valence-corrected chi connectivity index (χ4v) is 5.43. The number of likely N-dealkylation sites (tertiary alicyclic amines) is 1. The first kappa shape index (κ1) is 25.0.